The first-order valence-corrected chi connectivity index (χ1v) is 10.3. The van der Waals surface area contributed by atoms with Crippen LogP contribution in [0.15, 0.2) is 23.6 Å². The van der Waals surface area contributed by atoms with Crippen LogP contribution in [0.3, 0.4) is 0 Å². The Kier molecular flexibility index (Phi) is 5.31. The van der Waals surface area contributed by atoms with Crippen LogP contribution in [0.4, 0.5) is 0 Å². The summed E-state index contributed by atoms with van der Waals surface area (Å²) in [4.78, 5) is 22.0. The van der Waals surface area contributed by atoms with Crippen molar-refractivity contribution in [3.05, 3.63) is 29.3 Å². The quantitative estimate of drug-likeness (QED) is 0.789. The molecule has 4 rings (SSSR count). The maximum atomic E-state index is 12.9. The van der Waals surface area contributed by atoms with Gasteiger partial charge in [0.05, 0.1) is 14.2 Å². The van der Waals surface area contributed by atoms with Crippen molar-refractivity contribution >= 4 is 17.2 Å². The predicted octanol–water partition coefficient (Wildman–Crippen LogP) is 3.14. The number of carbonyl (C=O) groups is 1. The molecular weight excluding hydrogens is 362 g/mol. The average Bonchev–Trinajstić information content (AvgIpc) is 3.47. The lowest BCUT2D eigenvalue weighted by Crippen LogP contribution is -2.37. The molecule has 2 fully saturated rings. The van der Waals surface area contributed by atoms with Gasteiger partial charge < -0.3 is 14.4 Å². The van der Waals surface area contributed by atoms with Gasteiger partial charge in [-0.3, -0.25) is 9.69 Å². The van der Waals surface area contributed by atoms with E-state index in [1.54, 1.807) is 14.2 Å². The SMILES string of the molecule is COc1ccc(-c2nc(C(=O)N3CCC(N4CCCC4)C3)cs2)cc1OC. The number of ether oxygens (including phenoxy) is 2. The Hall–Kier alpha value is -2.12. The summed E-state index contributed by atoms with van der Waals surface area (Å²) < 4.78 is 10.6. The van der Waals surface area contributed by atoms with Crippen LogP contribution in [0.2, 0.25) is 0 Å². The van der Waals surface area contributed by atoms with E-state index in [0.717, 1.165) is 30.1 Å². The lowest BCUT2D eigenvalue weighted by molar-refractivity contribution is 0.0775. The highest BCUT2D eigenvalue weighted by Gasteiger charge is 2.32. The molecule has 27 heavy (non-hydrogen) atoms. The summed E-state index contributed by atoms with van der Waals surface area (Å²) in [5, 5.41) is 2.67. The van der Waals surface area contributed by atoms with Crippen molar-refractivity contribution in [1.29, 1.82) is 0 Å². The topological polar surface area (TPSA) is 54.9 Å². The first-order valence-electron chi connectivity index (χ1n) is 9.41. The van der Waals surface area contributed by atoms with Gasteiger partial charge in [-0.1, -0.05) is 0 Å². The minimum absolute atomic E-state index is 0.0414. The Morgan fingerprint density at radius 1 is 1.15 bits per heavy atom. The summed E-state index contributed by atoms with van der Waals surface area (Å²) in [5.74, 6) is 1.38. The second-order valence-electron chi connectivity index (χ2n) is 7.04. The van der Waals surface area contributed by atoms with Gasteiger partial charge in [0.1, 0.15) is 10.7 Å². The number of nitrogens with zero attached hydrogens (tertiary/aromatic N) is 3. The number of amides is 1. The molecule has 0 aliphatic carbocycles. The number of thiazole rings is 1. The normalized spacial score (nSPS) is 20.2. The zero-order chi connectivity index (χ0) is 18.8. The first-order chi connectivity index (χ1) is 13.2. The molecule has 1 aromatic heterocycles. The van der Waals surface area contributed by atoms with Gasteiger partial charge in [-0.05, 0) is 50.6 Å². The van der Waals surface area contributed by atoms with Gasteiger partial charge in [0, 0.05) is 30.1 Å². The minimum Gasteiger partial charge on any atom is -0.493 e. The van der Waals surface area contributed by atoms with Crippen LogP contribution in [-0.2, 0) is 0 Å². The smallest absolute Gasteiger partial charge is 0.273 e. The standard InChI is InChI=1S/C20H25N3O3S/c1-25-17-6-5-14(11-18(17)26-2)19-21-16(13-27-19)20(24)23-10-7-15(12-23)22-8-3-4-9-22/h5-6,11,13,15H,3-4,7-10,12H2,1-2H3. The second kappa shape index (κ2) is 7.86. The predicted molar refractivity (Wildman–Crippen MR) is 106 cm³/mol. The third kappa shape index (κ3) is 3.66. The molecular formula is C20H25N3O3S. The summed E-state index contributed by atoms with van der Waals surface area (Å²) in [6, 6.07) is 6.21. The van der Waals surface area contributed by atoms with Crippen LogP contribution in [0.1, 0.15) is 29.8 Å². The molecule has 1 unspecified atom stereocenters. The fraction of sp³-hybridized carbons (Fsp3) is 0.500. The van der Waals surface area contributed by atoms with Crippen molar-refractivity contribution in [2.24, 2.45) is 0 Å². The van der Waals surface area contributed by atoms with Crippen LogP contribution in [0.5, 0.6) is 11.5 Å². The fourth-order valence-corrected chi connectivity index (χ4v) is 4.76. The highest BCUT2D eigenvalue weighted by molar-refractivity contribution is 7.13. The van der Waals surface area contributed by atoms with Crippen molar-refractivity contribution in [3.8, 4) is 22.1 Å². The largest absolute Gasteiger partial charge is 0.493 e. The summed E-state index contributed by atoms with van der Waals surface area (Å²) in [7, 11) is 3.23. The number of benzene rings is 1. The molecule has 2 aliphatic rings. The number of hydrogen-bond acceptors (Lipinski definition) is 6. The van der Waals surface area contributed by atoms with Crippen molar-refractivity contribution in [2.45, 2.75) is 25.3 Å². The summed E-state index contributed by atoms with van der Waals surface area (Å²) in [6.07, 6.45) is 3.63. The van der Waals surface area contributed by atoms with E-state index in [2.05, 4.69) is 9.88 Å². The number of aromatic nitrogens is 1. The van der Waals surface area contributed by atoms with Gasteiger partial charge in [0.25, 0.3) is 5.91 Å². The van der Waals surface area contributed by atoms with Gasteiger partial charge in [-0.15, -0.1) is 11.3 Å². The van der Waals surface area contributed by atoms with E-state index in [1.165, 1.54) is 37.3 Å². The van der Waals surface area contributed by atoms with Gasteiger partial charge in [0.15, 0.2) is 11.5 Å². The molecule has 7 heteroatoms. The van der Waals surface area contributed by atoms with Crippen molar-refractivity contribution in [2.75, 3.05) is 40.4 Å². The van der Waals surface area contributed by atoms with Crippen LogP contribution in [-0.4, -0.2) is 67.1 Å². The monoisotopic (exact) mass is 387 g/mol. The Morgan fingerprint density at radius 3 is 2.67 bits per heavy atom. The third-order valence-corrected chi connectivity index (χ3v) is 6.35. The Bertz CT molecular complexity index is 817. The number of rotatable bonds is 5. The van der Waals surface area contributed by atoms with Crippen LogP contribution >= 0.6 is 11.3 Å². The minimum atomic E-state index is 0.0414. The molecule has 1 amide bonds. The lowest BCUT2D eigenvalue weighted by Gasteiger charge is -2.23. The van der Waals surface area contributed by atoms with E-state index in [0.29, 0.717) is 23.2 Å². The number of likely N-dealkylation sites (tertiary alicyclic amines) is 2. The molecule has 144 valence electrons. The summed E-state index contributed by atoms with van der Waals surface area (Å²) in [6.45, 7) is 3.99. The molecule has 2 aliphatic heterocycles. The molecule has 0 radical (unpaired) electrons. The summed E-state index contributed by atoms with van der Waals surface area (Å²) >= 11 is 1.48. The molecule has 2 saturated heterocycles. The molecule has 0 N–H and O–H groups in total. The van der Waals surface area contributed by atoms with E-state index in [1.807, 2.05) is 28.5 Å². The van der Waals surface area contributed by atoms with Crippen LogP contribution in [0.25, 0.3) is 10.6 Å². The number of methoxy groups -OCH3 is 2. The highest BCUT2D eigenvalue weighted by Crippen LogP contribution is 2.34. The fourth-order valence-electron chi connectivity index (χ4n) is 3.97. The molecule has 6 nitrogen and oxygen atoms in total. The molecule has 0 bridgehead atoms. The summed E-state index contributed by atoms with van der Waals surface area (Å²) in [5.41, 5.74) is 1.46. The number of carbonyl (C=O) groups excluding carboxylic acids is 1. The zero-order valence-corrected chi connectivity index (χ0v) is 16.6. The van der Waals surface area contributed by atoms with E-state index in [-0.39, 0.29) is 5.91 Å². The molecule has 1 aromatic carbocycles. The van der Waals surface area contributed by atoms with Crippen LogP contribution < -0.4 is 9.47 Å². The third-order valence-electron chi connectivity index (χ3n) is 5.46. The van der Waals surface area contributed by atoms with Crippen LogP contribution in [0, 0.1) is 0 Å². The maximum absolute atomic E-state index is 12.9. The van der Waals surface area contributed by atoms with E-state index >= 15 is 0 Å². The van der Waals surface area contributed by atoms with E-state index < -0.39 is 0 Å². The Morgan fingerprint density at radius 2 is 1.93 bits per heavy atom. The average molecular weight is 388 g/mol. The molecule has 1 atom stereocenters. The maximum Gasteiger partial charge on any atom is 0.273 e. The number of hydrogen-bond donors (Lipinski definition) is 0. The Labute approximate surface area is 163 Å². The second-order valence-corrected chi connectivity index (χ2v) is 7.90. The molecule has 0 spiro atoms. The Balaban J connectivity index is 1.47. The van der Waals surface area contributed by atoms with Gasteiger partial charge in [0.2, 0.25) is 0 Å². The zero-order valence-electron chi connectivity index (χ0n) is 15.8. The van der Waals surface area contributed by atoms with Crippen molar-refractivity contribution < 1.29 is 14.3 Å². The van der Waals surface area contributed by atoms with Gasteiger partial charge >= 0.3 is 0 Å². The van der Waals surface area contributed by atoms with Crippen molar-refractivity contribution in [1.82, 2.24) is 14.8 Å². The van der Waals surface area contributed by atoms with E-state index in [9.17, 15) is 4.79 Å². The molecule has 3 heterocycles. The first kappa shape index (κ1) is 18.3. The van der Waals surface area contributed by atoms with Crippen molar-refractivity contribution in [3.63, 3.8) is 0 Å². The van der Waals surface area contributed by atoms with Gasteiger partial charge in [-0.25, -0.2) is 4.98 Å². The molecule has 2 aromatic rings. The molecule has 0 saturated carbocycles. The lowest BCUT2D eigenvalue weighted by atomic mass is 10.2. The van der Waals surface area contributed by atoms with E-state index in [4.69, 9.17) is 9.47 Å². The highest BCUT2D eigenvalue weighted by atomic mass is 32.1. The van der Waals surface area contributed by atoms with Gasteiger partial charge in [-0.2, -0.15) is 0 Å².